The monoisotopic (exact) mass is 701 g/mol. The second-order valence-corrected chi connectivity index (χ2v) is 14.4. The van der Waals surface area contributed by atoms with Crippen LogP contribution in [0.4, 0.5) is 0 Å². The lowest BCUT2D eigenvalue weighted by Crippen LogP contribution is -1.94. The number of hydrogen-bond acceptors (Lipinski definition) is 2. The highest BCUT2D eigenvalue weighted by Crippen LogP contribution is 2.51. The second-order valence-electron chi connectivity index (χ2n) is 14.4. The summed E-state index contributed by atoms with van der Waals surface area (Å²) in [7, 11) is 0. The molecule has 0 saturated heterocycles. The van der Waals surface area contributed by atoms with Gasteiger partial charge in [-0.15, -0.1) is 0 Å². The van der Waals surface area contributed by atoms with Crippen LogP contribution in [-0.4, -0.2) is 4.57 Å². The van der Waals surface area contributed by atoms with E-state index in [9.17, 15) is 0 Å². The van der Waals surface area contributed by atoms with Gasteiger partial charge in [-0.2, -0.15) is 0 Å². The quantitative estimate of drug-likeness (QED) is 0.171. The van der Waals surface area contributed by atoms with Crippen LogP contribution < -0.4 is 0 Å². The maximum absolute atomic E-state index is 6.69. The Labute approximate surface area is 315 Å². The van der Waals surface area contributed by atoms with Gasteiger partial charge < -0.3 is 13.4 Å². The Morgan fingerprint density at radius 2 is 0.891 bits per heavy atom. The van der Waals surface area contributed by atoms with Crippen LogP contribution in [0.15, 0.2) is 197 Å². The Balaban J connectivity index is 1.21. The molecular formula is C52H31NO2. The number of furan rings is 2. The van der Waals surface area contributed by atoms with Crippen LogP contribution in [0, 0.1) is 0 Å². The molecule has 0 bridgehead atoms. The van der Waals surface area contributed by atoms with Gasteiger partial charge in [-0.25, -0.2) is 0 Å². The third-order valence-corrected chi connectivity index (χ3v) is 11.4. The minimum atomic E-state index is 0.803. The maximum atomic E-state index is 6.69. The van der Waals surface area contributed by atoms with Crippen molar-refractivity contribution in [2.45, 2.75) is 0 Å². The predicted molar refractivity (Wildman–Crippen MR) is 229 cm³/mol. The number of para-hydroxylation sites is 3. The smallest absolute Gasteiger partial charge is 0.139 e. The number of aromatic nitrogens is 1. The second kappa shape index (κ2) is 11.6. The molecule has 256 valence electrons. The maximum Gasteiger partial charge on any atom is 0.139 e. The fourth-order valence-corrected chi connectivity index (χ4v) is 9.08. The zero-order valence-electron chi connectivity index (χ0n) is 29.7. The van der Waals surface area contributed by atoms with Gasteiger partial charge in [0.2, 0.25) is 0 Å². The summed E-state index contributed by atoms with van der Waals surface area (Å²) >= 11 is 0. The summed E-state index contributed by atoms with van der Waals surface area (Å²) in [6.07, 6.45) is 0. The molecule has 12 aromatic rings. The topological polar surface area (TPSA) is 31.2 Å². The number of benzene rings is 9. The summed E-state index contributed by atoms with van der Waals surface area (Å²) in [6.45, 7) is 0. The van der Waals surface area contributed by atoms with E-state index in [4.69, 9.17) is 8.83 Å². The molecule has 3 heterocycles. The van der Waals surface area contributed by atoms with Crippen molar-refractivity contribution in [3.05, 3.63) is 188 Å². The lowest BCUT2D eigenvalue weighted by molar-refractivity contribution is 0.628. The molecule has 3 aromatic heterocycles. The van der Waals surface area contributed by atoms with Gasteiger partial charge in [0, 0.05) is 49.8 Å². The van der Waals surface area contributed by atoms with Crippen molar-refractivity contribution in [1.82, 2.24) is 4.57 Å². The summed E-state index contributed by atoms with van der Waals surface area (Å²) in [4.78, 5) is 0. The molecule has 12 rings (SSSR count). The predicted octanol–water partition coefficient (Wildman–Crippen LogP) is 14.7. The van der Waals surface area contributed by atoms with Gasteiger partial charge in [-0.3, -0.25) is 0 Å². The minimum Gasteiger partial charge on any atom is -0.456 e. The van der Waals surface area contributed by atoms with Gasteiger partial charge in [0.1, 0.15) is 22.5 Å². The first-order valence-corrected chi connectivity index (χ1v) is 18.8. The molecule has 0 amide bonds. The fourth-order valence-electron chi connectivity index (χ4n) is 9.08. The molecule has 0 N–H and O–H groups in total. The highest BCUT2D eigenvalue weighted by atomic mass is 16.3. The summed E-state index contributed by atoms with van der Waals surface area (Å²) in [5.41, 5.74) is 11.8. The van der Waals surface area contributed by atoms with Gasteiger partial charge in [-0.1, -0.05) is 146 Å². The van der Waals surface area contributed by atoms with Crippen molar-refractivity contribution in [3.63, 3.8) is 0 Å². The van der Waals surface area contributed by atoms with Crippen molar-refractivity contribution in [3.8, 4) is 39.3 Å². The van der Waals surface area contributed by atoms with E-state index in [1.807, 2.05) is 12.1 Å². The largest absolute Gasteiger partial charge is 0.456 e. The molecule has 0 radical (unpaired) electrons. The van der Waals surface area contributed by atoms with Gasteiger partial charge in [0.25, 0.3) is 0 Å². The first-order valence-electron chi connectivity index (χ1n) is 18.8. The average Bonchev–Trinajstić information content (AvgIpc) is 3.94. The Morgan fingerprint density at radius 1 is 0.309 bits per heavy atom. The van der Waals surface area contributed by atoms with E-state index < -0.39 is 0 Å². The summed E-state index contributed by atoms with van der Waals surface area (Å²) in [5.74, 6) is 0.834. The normalized spacial score (nSPS) is 12.0. The number of nitrogens with zero attached hydrogens (tertiary/aromatic N) is 1. The third kappa shape index (κ3) is 4.38. The highest BCUT2D eigenvalue weighted by molar-refractivity contribution is 6.30. The van der Waals surface area contributed by atoms with E-state index in [2.05, 4.69) is 180 Å². The molecule has 0 unspecified atom stereocenters. The van der Waals surface area contributed by atoms with Crippen molar-refractivity contribution in [1.29, 1.82) is 0 Å². The zero-order chi connectivity index (χ0) is 36.0. The van der Waals surface area contributed by atoms with E-state index in [-0.39, 0.29) is 0 Å². The Morgan fingerprint density at radius 3 is 1.62 bits per heavy atom. The summed E-state index contributed by atoms with van der Waals surface area (Å²) in [5, 5.41) is 10.5. The molecule has 0 aliphatic carbocycles. The molecule has 0 saturated carbocycles. The van der Waals surface area contributed by atoms with Gasteiger partial charge in [0.15, 0.2) is 0 Å². The molecule has 9 aromatic carbocycles. The van der Waals surface area contributed by atoms with Gasteiger partial charge in [-0.05, 0) is 74.6 Å². The summed E-state index contributed by atoms with van der Waals surface area (Å²) in [6, 6.07) is 67.2. The Hall–Kier alpha value is -7.36. The highest BCUT2D eigenvalue weighted by Gasteiger charge is 2.25. The van der Waals surface area contributed by atoms with E-state index >= 15 is 0 Å². The molecule has 3 heteroatoms. The molecule has 55 heavy (non-hydrogen) atoms. The van der Waals surface area contributed by atoms with Gasteiger partial charge in [0.05, 0.1) is 11.0 Å². The van der Waals surface area contributed by atoms with Crippen LogP contribution >= 0.6 is 0 Å². The SMILES string of the molecule is c1ccc(-c2cc3c(-c4c5ccccc5c(-c5ccc6c7ccccc7n(-c7ccccc7)c6c5)c5ccccc45)c4c(cc3o2)oc2ccccc24)cc1. The van der Waals surface area contributed by atoms with E-state index in [0.717, 1.165) is 55.5 Å². The lowest BCUT2D eigenvalue weighted by atomic mass is 9.84. The van der Waals surface area contributed by atoms with Crippen LogP contribution in [0.5, 0.6) is 0 Å². The van der Waals surface area contributed by atoms with Crippen molar-refractivity contribution in [2.24, 2.45) is 0 Å². The van der Waals surface area contributed by atoms with Crippen molar-refractivity contribution < 1.29 is 8.83 Å². The first kappa shape index (κ1) is 30.1. The van der Waals surface area contributed by atoms with E-state index in [1.54, 1.807) is 0 Å². The van der Waals surface area contributed by atoms with E-state index in [0.29, 0.717) is 0 Å². The Kier molecular flexibility index (Phi) is 6.34. The van der Waals surface area contributed by atoms with Crippen LogP contribution in [-0.2, 0) is 0 Å². The summed E-state index contributed by atoms with van der Waals surface area (Å²) < 4.78 is 15.7. The zero-order valence-corrected chi connectivity index (χ0v) is 29.7. The van der Waals surface area contributed by atoms with Crippen LogP contribution in [0.2, 0.25) is 0 Å². The molecule has 0 spiro atoms. The standard InChI is InChI=1S/C52H31NO2/c1-3-15-32(16-4-1)46-30-42-47(55-46)31-48-51(41-24-12-14-26-45(41)54-48)52(42)50-39-22-9-7-20-37(39)49(38-21-8-10-23-40(38)50)33-27-28-36-35-19-11-13-25-43(35)53(44(36)29-33)34-17-5-2-6-18-34/h1-31H. The fraction of sp³-hybridized carbons (Fsp3) is 0. The molecule has 3 nitrogen and oxygen atoms in total. The first-order chi connectivity index (χ1) is 27.3. The van der Waals surface area contributed by atoms with Crippen molar-refractivity contribution >= 4 is 76.3 Å². The molecular weight excluding hydrogens is 671 g/mol. The van der Waals surface area contributed by atoms with Crippen LogP contribution in [0.1, 0.15) is 0 Å². The Bertz CT molecular complexity index is 3420. The minimum absolute atomic E-state index is 0.803. The molecule has 0 atom stereocenters. The van der Waals surface area contributed by atoms with Gasteiger partial charge >= 0.3 is 0 Å². The lowest BCUT2D eigenvalue weighted by Gasteiger charge is -2.19. The van der Waals surface area contributed by atoms with Crippen molar-refractivity contribution in [2.75, 3.05) is 0 Å². The average molecular weight is 702 g/mol. The number of fused-ring (bicyclic) bond motifs is 9. The number of rotatable bonds is 4. The van der Waals surface area contributed by atoms with Crippen LogP contribution in [0.25, 0.3) is 116 Å². The third-order valence-electron chi connectivity index (χ3n) is 11.4. The molecule has 0 fully saturated rings. The molecule has 0 aliphatic rings. The van der Waals surface area contributed by atoms with E-state index in [1.165, 1.54) is 60.0 Å². The molecule has 0 aliphatic heterocycles. The number of hydrogen-bond donors (Lipinski definition) is 0. The van der Waals surface area contributed by atoms with Crippen LogP contribution in [0.3, 0.4) is 0 Å².